The Bertz CT molecular complexity index is 732. The lowest BCUT2D eigenvalue weighted by Gasteiger charge is -2.29. The fraction of sp³-hybridized carbons (Fsp3) is 0.364. The lowest BCUT2D eigenvalue weighted by atomic mass is 9.81. The Morgan fingerprint density at radius 3 is 2.23 bits per heavy atom. The van der Waals surface area contributed by atoms with Crippen LogP contribution in [0.15, 0.2) is 54.6 Å². The predicted octanol–water partition coefficient (Wildman–Crippen LogP) is 4.84. The van der Waals surface area contributed by atoms with E-state index in [9.17, 15) is 9.59 Å². The maximum atomic E-state index is 12.0. The molecule has 0 saturated heterocycles. The fourth-order valence-corrected chi connectivity index (χ4v) is 3.49. The average Bonchev–Trinajstić information content (AvgIpc) is 2.68. The summed E-state index contributed by atoms with van der Waals surface area (Å²) in [5.74, 6) is 0.591. The Kier molecular flexibility index (Phi) is 6.05. The van der Waals surface area contributed by atoms with E-state index in [1.54, 1.807) is 6.92 Å². The Balaban J connectivity index is 1.43. The van der Waals surface area contributed by atoms with Crippen LogP contribution in [0, 0.1) is 0 Å². The molecule has 3 rings (SSSR count). The monoisotopic (exact) mass is 351 g/mol. The summed E-state index contributed by atoms with van der Waals surface area (Å²) in [6, 6.07) is 17.8. The maximum Gasteiger partial charge on any atom is 0.407 e. The molecule has 0 aliphatic heterocycles. The zero-order chi connectivity index (χ0) is 18.4. The molecule has 1 aliphatic carbocycles. The third-order valence-corrected chi connectivity index (χ3v) is 5.05. The molecule has 4 nitrogen and oxygen atoms in total. The van der Waals surface area contributed by atoms with Gasteiger partial charge >= 0.3 is 6.09 Å². The van der Waals surface area contributed by atoms with Crippen LogP contribution in [0.3, 0.4) is 0 Å². The van der Waals surface area contributed by atoms with E-state index in [1.807, 2.05) is 42.5 Å². The van der Waals surface area contributed by atoms with Gasteiger partial charge in [0.15, 0.2) is 5.78 Å². The number of benzene rings is 2. The van der Waals surface area contributed by atoms with Crippen molar-refractivity contribution in [2.24, 2.45) is 0 Å². The number of nitrogens with one attached hydrogen (secondary N) is 1. The van der Waals surface area contributed by atoms with Crippen LogP contribution in [0.25, 0.3) is 0 Å². The molecule has 0 unspecified atom stereocenters. The van der Waals surface area contributed by atoms with Gasteiger partial charge in [0.1, 0.15) is 6.61 Å². The summed E-state index contributed by atoms with van der Waals surface area (Å²) in [6.07, 6.45) is 3.61. The van der Waals surface area contributed by atoms with E-state index in [0.29, 0.717) is 12.5 Å². The van der Waals surface area contributed by atoms with E-state index in [-0.39, 0.29) is 17.9 Å². The molecule has 1 saturated carbocycles. The summed E-state index contributed by atoms with van der Waals surface area (Å²) in [7, 11) is 0. The van der Waals surface area contributed by atoms with Gasteiger partial charge in [-0.05, 0) is 49.7 Å². The lowest BCUT2D eigenvalue weighted by Crippen LogP contribution is -2.37. The highest BCUT2D eigenvalue weighted by Gasteiger charge is 2.24. The minimum Gasteiger partial charge on any atom is -0.445 e. The molecule has 1 amide bonds. The highest BCUT2D eigenvalue weighted by molar-refractivity contribution is 5.94. The number of Topliss-reactive ketones (excluding diaryl/α,β-unsaturated/α-hetero) is 1. The van der Waals surface area contributed by atoms with Crippen LogP contribution < -0.4 is 5.32 Å². The van der Waals surface area contributed by atoms with Crippen LogP contribution in [0.4, 0.5) is 4.79 Å². The van der Waals surface area contributed by atoms with Crippen molar-refractivity contribution in [3.63, 3.8) is 0 Å². The molecule has 0 radical (unpaired) electrons. The number of ketones is 1. The molecule has 1 aliphatic rings. The van der Waals surface area contributed by atoms with Gasteiger partial charge in [0.05, 0.1) is 0 Å². The van der Waals surface area contributed by atoms with Gasteiger partial charge in [0, 0.05) is 11.6 Å². The largest absolute Gasteiger partial charge is 0.445 e. The first-order valence-electron chi connectivity index (χ1n) is 9.20. The molecule has 136 valence electrons. The van der Waals surface area contributed by atoms with E-state index in [2.05, 4.69) is 17.4 Å². The number of ether oxygens (including phenoxy) is 1. The van der Waals surface area contributed by atoms with Crippen molar-refractivity contribution in [1.82, 2.24) is 5.32 Å². The topological polar surface area (TPSA) is 55.4 Å². The zero-order valence-corrected chi connectivity index (χ0v) is 15.1. The number of hydrogen-bond donors (Lipinski definition) is 1. The quantitative estimate of drug-likeness (QED) is 0.784. The van der Waals surface area contributed by atoms with Gasteiger partial charge in [0.25, 0.3) is 0 Å². The van der Waals surface area contributed by atoms with Crippen LogP contribution in [0.1, 0.15) is 60.0 Å². The molecular weight excluding hydrogens is 326 g/mol. The second kappa shape index (κ2) is 8.65. The van der Waals surface area contributed by atoms with Gasteiger partial charge in [-0.25, -0.2) is 4.79 Å². The molecule has 1 N–H and O–H groups in total. The summed E-state index contributed by atoms with van der Waals surface area (Å²) in [5.41, 5.74) is 3.02. The standard InChI is InChI=1S/C22H25NO3/c1-16(24)18-7-9-19(10-8-18)20-11-13-21(14-12-20)23-22(25)26-15-17-5-3-2-4-6-17/h2-10,20-21H,11-15H2,1H3,(H,23,25). The van der Waals surface area contributed by atoms with Gasteiger partial charge in [0.2, 0.25) is 0 Å². The van der Waals surface area contributed by atoms with Crippen molar-refractivity contribution >= 4 is 11.9 Å². The Morgan fingerprint density at radius 2 is 1.62 bits per heavy atom. The number of rotatable bonds is 5. The molecule has 4 heteroatoms. The van der Waals surface area contributed by atoms with Crippen LogP contribution in [-0.4, -0.2) is 17.9 Å². The van der Waals surface area contributed by atoms with Gasteiger partial charge in [-0.15, -0.1) is 0 Å². The van der Waals surface area contributed by atoms with Crippen LogP contribution in [0.5, 0.6) is 0 Å². The molecule has 0 heterocycles. The number of carbonyl (C=O) groups is 2. The van der Waals surface area contributed by atoms with E-state index in [4.69, 9.17) is 4.74 Å². The lowest BCUT2D eigenvalue weighted by molar-refractivity contribution is 0.101. The summed E-state index contributed by atoms with van der Waals surface area (Å²) < 4.78 is 5.30. The fourth-order valence-electron chi connectivity index (χ4n) is 3.49. The minimum absolute atomic E-state index is 0.0958. The summed E-state index contributed by atoms with van der Waals surface area (Å²) in [4.78, 5) is 23.3. The molecular formula is C22H25NO3. The van der Waals surface area contributed by atoms with Crippen molar-refractivity contribution in [2.75, 3.05) is 0 Å². The van der Waals surface area contributed by atoms with Crippen LogP contribution >= 0.6 is 0 Å². The zero-order valence-electron chi connectivity index (χ0n) is 15.1. The third-order valence-electron chi connectivity index (χ3n) is 5.05. The van der Waals surface area contributed by atoms with E-state index in [0.717, 1.165) is 36.8 Å². The Hall–Kier alpha value is -2.62. The number of hydrogen-bond acceptors (Lipinski definition) is 3. The van der Waals surface area contributed by atoms with Crippen LogP contribution in [0.2, 0.25) is 0 Å². The second-order valence-corrected chi connectivity index (χ2v) is 6.93. The van der Waals surface area contributed by atoms with Crippen molar-refractivity contribution in [3.05, 3.63) is 71.3 Å². The molecule has 0 atom stereocenters. The highest BCUT2D eigenvalue weighted by atomic mass is 16.5. The Morgan fingerprint density at radius 1 is 0.962 bits per heavy atom. The first-order valence-corrected chi connectivity index (χ1v) is 9.20. The summed E-state index contributed by atoms with van der Waals surface area (Å²) >= 11 is 0. The van der Waals surface area contributed by atoms with E-state index in [1.165, 1.54) is 5.56 Å². The molecule has 0 aromatic heterocycles. The second-order valence-electron chi connectivity index (χ2n) is 6.93. The van der Waals surface area contributed by atoms with Crippen molar-refractivity contribution in [1.29, 1.82) is 0 Å². The Labute approximate surface area is 154 Å². The smallest absolute Gasteiger partial charge is 0.407 e. The van der Waals surface area contributed by atoms with Crippen molar-refractivity contribution in [2.45, 2.75) is 51.2 Å². The van der Waals surface area contributed by atoms with Gasteiger partial charge in [-0.2, -0.15) is 0 Å². The molecule has 0 bridgehead atoms. The summed E-state index contributed by atoms with van der Waals surface area (Å²) in [6.45, 7) is 1.88. The SMILES string of the molecule is CC(=O)c1ccc(C2CCC(NC(=O)OCc3ccccc3)CC2)cc1. The van der Waals surface area contributed by atoms with Gasteiger partial charge < -0.3 is 10.1 Å². The first kappa shape index (κ1) is 18.2. The normalized spacial score (nSPS) is 19.6. The predicted molar refractivity (Wildman–Crippen MR) is 101 cm³/mol. The number of alkyl carbamates (subject to hydrolysis) is 1. The third kappa shape index (κ3) is 4.94. The molecule has 0 spiro atoms. The number of carbonyl (C=O) groups excluding carboxylic acids is 2. The molecule has 2 aromatic carbocycles. The summed E-state index contributed by atoms with van der Waals surface area (Å²) in [5, 5.41) is 2.98. The highest BCUT2D eigenvalue weighted by Crippen LogP contribution is 2.33. The van der Waals surface area contributed by atoms with Crippen molar-refractivity contribution < 1.29 is 14.3 Å². The first-order chi connectivity index (χ1) is 12.6. The van der Waals surface area contributed by atoms with Gasteiger partial charge in [-0.3, -0.25) is 4.79 Å². The maximum absolute atomic E-state index is 12.0. The molecule has 26 heavy (non-hydrogen) atoms. The number of amides is 1. The van der Waals surface area contributed by atoms with Crippen LogP contribution in [-0.2, 0) is 11.3 Å². The van der Waals surface area contributed by atoms with Crippen molar-refractivity contribution in [3.8, 4) is 0 Å². The van der Waals surface area contributed by atoms with Gasteiger partial charge in [-0.1, -0.05) is 54.6 Å². The van der Waals surface area contributed by atoms with E-state index < -0.39 is 0 Å². The average molecular weight is 351 g/mol. The molecule has 2 aromatic rings. The molecule has 1 fully saturated rings. The van der Waals surface area contributed by atoms with E-state index >= 15 is 0 Å². The minimum atomic E-state index is -0.344.